The van der Waals surface area contributed by atoms with Crippen molar-refractivity contribution in [1.82, 2.24) is 5.32 Å². The van der Waals surface area contributed by atoms with E-state index in [1.165, 1.54) is 11.1 Å². The lowest BCUT2D eigenvalue weighted by Gasteiger charge is -2.30. The summed E-state index contributed by atoms with van der Waals surface area (Å²) in [7, 11) is 0. The van der Waals surface area contributed by atoms with Gasteiger partial charge in [-0.2, -0.15) is 0 Å². The van der Waals surface area contributed by atoms with Gasteiger partial charge in [-0.1, -0.05) is 31.2 Å². The van der Waals surface area contributed by atoms with E-state index < -0.39 is 0 Å². The van der Waals surface area contributed by atoms with Crippen LogP contribution in [0.25, 0.3) is 0 Å². The molecule has 0 bridgehead atoms. The van der Waals surface area contributed by atoms with Crippen molar-refractivity contribution in [2.45, 2.75) is 32.4 Å². The van der Waals surface area contributed by atoms with Crippen LogP contribution in [0.4, 0.5) is 0 Å². The molecule has 1 fully saturated rings. The zero-order chi connectivity index (χ0) is 10.7. The van der Waals surface area contributed by atoms with Gasteiger partial charge in [0.05, 0.1) is 12.7 Å². The lowest BCUT2D eigenvalue weighted by atomic mass is 10.0. The molecule has 2 atom stereocenters. The van der Waals surface area contributed by atoms with Crippen molar-refractivity contribution < 1.29 is 4.74 Å². The van der Waals surface area contributed by atoms with Crippen molar-refractivity contribution in [2.24, 2.45) is 0 Å². The minimum atomic E-state index is 0.231. The molecule has 1 N–H and O–H groups in total. The van der Waals surface area contributed by atoms with Gasteiger partial charge in [0.15, 0.2) is 0 Å². The maximum atomic E-state index is 5.89. The first kappa shape index (κ1) is 10.7. The van der Waals surface area contributed by atoms with Crippen LogP contribution in [0.5, 0.6) is 0 Å². The molecule has 0 aromatic heterocycles. The minimum Gasteiger partial charge on any atom is -0.371 e. The molecule has 1 saturated heterocycles. The molecule has 2 rings (SSSR count). The molecule has 2 unspecified atom stereocenters. The zero-order valence-electron chi connectivity index (χ0n) is 9.49. The van der Waals surface area contributed by atoms with Crippen LogP contribution in [0, 0.1) is 6.92 Å². The first-order valence-corrected chi connectivity index (χ1v) is 5.71. The number of morpholine rings is 1. The van der Waals surface area contributed by atoms with Gasteiger partial charge in [-0.15, -0.1) is 0 Å². The Hall–Kier alpha value is -0.860. The highest BCUT2D eigenvalue weighted by atomic mass is 16.5. The van der Waals surface area contributed by atoms with Crippen LogP contribution in [0.1, 0.15) is 30.6 Å². The Morgan fingerprint density at radius 2 is 2.20 bits per heavy atom. The Labute approximate surface area is 91.6 Å². The summed E-state index contributed by atoms with van der Waals surface area (Å²) in [5.74, 6) is 0. The Morgan fingerprint density at radius 3 is 2.80 bits per heavy atom. The van der Waals surface area contributed by atoms with Crippen molar-refractivity contribution in [3.05, 3.63) is 35.4 Å². The molecule has 1 aliphatic rings. The third-order valence-corrected chi connectivity index (χ3v) is 3.12. The molecule has 0 aliphatic carbocycles. The van der Waals surface area contributed by atoms with Crippen LogP contribution >= 0.6 is 0 Å². The fraction of sp³-hybridized carbons (Fsp3) is 0.538. The number of aryl methyl sites for hydroxylation is 1. The van der Waals surface area contributed by atoms with Crippen LogP contribution in [-0.2, 0) is 4.74 Å². The number of benzene rings is 1. The molecule has 0 saturated carbocycles. The molecular weight excluding hydrogens is 186 g/mol. The van der Waals surface area contributed by atoms with Gasteiger partial charge in [0.2, 0.25) is 0 Å². The minimum absolute atomic E-state index is 0.231. The second kappa shape index (κ2) is 4.77. The molecule has 0 amide bonds. The predicted octanol–water partition coefficient (Wildman–Crippen LogP) is 2.43. The van der Waals surface area contributed by atoms with E-state index in [-0.39, 0.29) is 6.10 Å². The third kappa shape index (κ3) is 2.39. The molecule has 1 aliphatic heterocycles. The molecule has 2 heteroatoms. The van der Waals surface area contributed by atoms with E-state index in [4.69, 9.17) is 4.74 Å². The third-order valence-electron chi connectivity index (χ3n) is 3.12. The fourth-order valence-corrected chi connectivity index (χ4v) is 2.03. The van der Waals surface area contributed by atoms with E-state index in [0.717, 1.165) is 19.6 Å². The molecule has 0 radical (unpaired) electrons. The molecule has 1 aromatic rings. The largest absolute Gasteiger partial charge is 0.371 e. The zero-order valence-corrected chi connectivity index (χ0v) is 9.49. The Bertz CT molecular complexity index is 316. The second-order valence-corrected chi connectivity index (χ2v) is 4.19. The summed E-state index contributed by atoms with van der Waals surface area (Å²) in [5.41, 5.74) is 2.64. The Balaban J connectivity index is 2.04. The molecule has 15 heavy (non-hydrogen) atoms. The van der Waals surface area contributed by atoms with Gasteiger partial charge in [0, 0.05) is 12.6 Å². The molecule has 1 aromatic carbocycles. The highest BCUT2D eigenvalue weighted by Crippen LogP contribution is 2.23. The van der Waals surface area contributed by atoms with E-state index in [0.29, 0.717) is 6.04 Å². The quantitative estimate of drug-likeness (QED) is 0.800. The molecule has 1 heterocycles. The van der Waals surface area contributed by atoms with Crippen molar-refractivity contribution >= 4 is 0 Å². The monoisotopic (exact) mass is 205 g/mol. The summed E-state index contributed by atoms with van der Waals surface area (Å²) in [6.45, 7) is 6.10. The van der Waals surface area contributed by atoms with Crippen molar-refractivity contribution in [2.75, 3.05) is 13.2 Å². The summed E-state index contributed by atoms with van der Waals surface area (Å²) < 4.78 is 5.89. The van der Waals surface area contributed by atoms with Crippen LogP contribution in [0.15, 0.2) is 24.3 Å². The highest BCUT2D eigenvalue weighted by Gasteiger charge is 2.21. The van der Waals surface area contributed by atoms with Gasteiger partial charge < -0.3 is 10.1 Å². The molecule has 2 nitrogen and oxygen atoms in total. The Kier molecular flexibility index (Phi) is 3.39. The SMILES string of the molecule is CCC1COC(c2ccccc2C)CN1. The smallest absolute Gasteiger partial charge is 0.0952 e. The summed E-state index contributed by atoms with van der Waals surface area (Å²) >= 11 is 0. The highest BCUT2D eigenvalue weighted by molar-refractivity contribution is 5.28. The van der Waals surface area contributed by atoms with Gasteiger partial charge in [0.1, 0.15) is 0 Å². The van der Waals surface area contributed by atoms with Crippen molar-refractivity contribution in [3.8, 4) is 0 Å². The van der Waals surface area contributed by atoms with Crippen LogP contribution in [-0.4, -0.2) is 19.2 Å². The van der Waals surface area contributed by atoms with Crippen LogP contribution < -0.4 is 5.32 Å². The Morgan fingerprint density at radius 1 is 1.40 bits per heavy atom. The van der Waals surface area contributed by atoms with Crippen molar-refractivity contribution in [1.29, 1.82) is 0 Å². The lowest BCUT2D eigenvalue weighted by Crippen LogP contribution is -2.42. The number of rotatable bonds is 2. The average molecular weight is 205 g/mol. The van der Waals surface area contributed by atoms with Gasteiger partial charge in [0.25, 0.3) is 0 Å². The maximum absolute atomic E-state index is 5.89. The maximum Gasteiger partial charge on any atom is 0.0952 e. The summed E-state index contributed by atoms with van der Waals surface area (Å²) in [5, 5.41) is 3.52. The predicted molar refractivity (Wildman–Crippen MR) is 62.0 cm³/mol. The summed E-state index contributed by atoms with van der Waals surface area (Å²) in [4.78, 5) is 0. The van der Waals surface area contributed by atoms with Crippen LogP contribution in [0.2, 0.25) is 0 Å². The number of ether oxygens (including phenoxy) is 1. The van der Waals surface area contributed by atoms with E-state index in [1.807, 2.05) is 0 Å². The van der Waals surface area contributed by atoms with E-state index in [1.54, 1.807) is 0 Å². The van der Waals surface area contributed by atoms with Crippen molar-refractivity contribution in [3.63, 3.8) is 0 Å². The van der Waals surface area contributed by atoms with E-state index in [9.17, 15) is 0 Å². The van der Waals surface area contributed by atoms with Gasteiger partial charge in [-0.05, 0) is 24.5 Å². The average Bonchev–Trinajstić information content (AvgIpc) is 2.30. The number of hydrogen-bond donors (Lipinski definition) is 1. The normalized spacial score (nSPS) is 26.5. The molecular formula is C13H19NO. The fourth-order valence-electron chi connectivity index (χ4n) is 2.03. The van der Waals surface area contributed by atoms with Crippen LogP contribution in [0.3, 0.4) is 0 Å². The van der Waals surface area contributed by atoms with Gasteiger partial charge in [-0.3, -0.25) is 0 Å². The second-order valence-electron chi connectivity index (χ2n) is 4.19. The first-order valence-electron chi connectivity index (χ1n) is 5.71. The summed E-state index contributed by atoms with van der Waals surface area (Å²) in [6, 6.07) is 8.99. The van der Waals surface area contributed by atoms with Gasteiger partial charge >= 0.3 is 0 Å². The number of hydrogen-bond acceptors (Lipinski definition) is 2. The number of nitrogens with one attached hydrogen (secondary N) is 1. The molecule has 0 spiro atoms. The molecule has 82 valence electrons. The first-order chi connectivity index (χ1) is 7.31. The standard InChI is InChI=1S/C13H19NO/c1-3-11-9-15-13(8-14-11)12-7-5-4-6-10(12)2/h4-7,11,13-14H,3,8-9H2,1-2H3. The lowest BCUT2D eigenvalue weighted by molar-refractivity contribution is 0.00190. The van der Waals surface area contributed by atoms with Gasteiger partial charge in [-0.25, -0.2) is 0 Å². The van der Waals surface area contributed by atoms with E-state index >= 15 is 0 Å². The topological polar surface area (TPSA) is 21.3 Å². The van der Waals surface area contributed by atoms with E-state index in [2.05, 4.69) is 43.4 Å². The summed E-state index contributed by atoms with van der Waals surface area (Å²) in [6.07, 6.45) is 1.37.